The molecule has 1 unspecified atom stereocenters. The number of nitrogens with zero attached hydrogens (tertiary/aromatic N) is 2. The summed E-state index contributed by atoms with van der Waals surface area (Å²) in [7, 11) is 0. The lowest BCUT2D eigenvalue weighted by Crippen LogP contribution is -2.21. The standard InChI is InChI=1S/C17H29N3/c1-3-5-15-8-10-20(13-15)14-17-7-6-16(12-19-17)11-18-9-4-2/h6-7,12,15,18H,3-5,8-11,13-14H2,1-2H3. The first-order valence-corrected chi connectivity index (χ1v) is 8.18. The third-order valence-corrected chi connectivity index (χ3v) is 4.09. The molecule has 1 N–H and O–H groups in total. The summed E-state index contributed by atoms with van der Waals surface area (Å²) in [6, 6.07) is 4.40. The molecule has 2 rings (SSSR count). The molecule has 0 radical (unpaired) electrons. The van der Waals surface area contributed by atoms with Gasteiger partial charge in [-0.2, -0.15) is 0 Å². The van der Waals surface area contributed by atoms with E-state index >= 15 is 0 Å². The van der Waals surface area contributed by atoms with Gasteiger partial charge in [0.15, 0.2) is 0 Å². The highest BCUT2D eigenvalue weighted by atomic mass is 15.1. The van der Waals surface area contributed by atoms with Gasteiger partial charge < -0.3 is 5.32 Å². The number of hydrogen-bond acceptors (Lipinski definition) is 3. The minimum Gasteiger partial charge on any atom is -0.313 e. The normalized spacial score (nSPS) is 19.6. The van der Waals surface area contributed by atoms with Gasteiger partial charge in [0, 0.05) is 25.8 Å². The van der Waals surface area contributed by atoms with Crippen LogP contribution in [0.1, 0.15) is 50.8 Å². The first-order chi connectivity index (χ1) is 9.81. The highest BCUT2D eigenvalue weighted by Gasteiger charge is 2.21. The summed E-state index contributed by atoms with van der Waals surface area (Å²) >= 11 is 0. The summed E-state index contributed by atoms with van der Waals surface area (Å²) in [5.74, 6) is 0.914. The van der Waals surface area contributed by atoms with E-state index in [1.165, 1.54) is 50.0 Å². The van der Waals surface area contributed by atoms with Gasteiger partial charge in [0.25, 0.3) is 0 Å². The number of nitrogens with one attached hydrogen (secondary N) is 1. The van der Waals surface area contributed by atoms with Crippen LogP contribution in [-0.2, 0) is 13.1 Å². The number of likely N-dealkylation sites (tertiary alicyclic amines) is 1. The van der Waals surface area contributed by atoms with Gasteiger partial charge in [-0.1, -0.05) is 26.3 Å². The van der Waals surface area contributed by atoms with Crippen LogP contribution in [0.2, 0.25) is 0 Å². The van der Waals surface area contributed by atoms with E-state index in [9.17, 15) is 0 Å². The summed E-state index contributed by atoms with van der Waals surface area (Å²) in [5, 5.41) is 3.41. The van der Waals surface area contributed by atoms with Gasteiger partial charge in [0.1, 0.15) is 0 Å². The Morgan fingerprint density at radius 3 is 2.90 bits per heavy atom. The van der Waals surface area contributed by atoms with Crippen molar-refractivity contribution in [2.75, 3.05) is 19.6 Å². The largest absolute Gasteiger partial charge is 0.313 e. The molecule has 0 spiro atoms. The second-order valence-corrected chi connectivity index (χ2v) is 6.01. The van der Waals surface area contributed by atoms with Crippen molar-refractivity contribution in [2.24, 2.45) is 5.92 Å². The van der Waals surface area contributed by atoms with E-state index in [0.717, 1.165) is 25.6 Å². The fourth-order valence-electron chi connectivity index (χ4n) is 2.99. The molecule has 1 atom stereocenters. The summed E-state index contributed by atoms with van der Waals surface area (Å²) < 4.78 is 0. The van der Waals surface area contributed by atoms with Crippen LogP contribution in [0.5, 0.6) is 0 Å². The van der Waals surface area contributed by atoms with Gasteiger partial charge in [-0.15, -0.1) is 0 Å². The van der Waals surface area contributed by atoms with Gasteiger partial charge >= 0.3 is 0 Å². The van der Waals surface area contributed by atoms with Crippen molar-refractivity contribution in [2.45, 2.75) is 52.6 Å². The van der Waals surface area contributed by atoms with Gasteiger partial charge in [-0.05, 0) is 49.9 Å². The Hall–Kier alpha value is -0.930. The minimum atomic E-state index is 0.914. The Kier molecular flexibility index (Phi) is 6.48. The van der Waals surface area contributed by atoms with Crippen molar-refractivity contribution in [3.8, 4) is 0 Å². The maximum absolute atomic E-state index is 4.61. The van der Waals surface area contributed by atoms with Crippen LogP contribution in [0, 0.1) is 5.92 Å². The molecule has 20 heavy (non-hydrogen) atoms. The second kappa shape index (κ2) is 8.38. The van der Waals surface area contributed by atoms with Gasteiger partial charge in [-0.3, -0.25) is 9.88 Å². The van der Waals surface area contributed by atoms with Gasteiger partial charge in [0.2, 0.25) is 0 Å². The zero-order chi connectivity index (χ0) is 14.2. The van der Waals surface area contributed by atoms with Crippen LogP contribution in [0.4, 0.5) is 0 Å². The number of pyridine rings is 1. The molecule has 3 heteroatoms. The lowest BCUT2D eigenvalue weighted by Gasteiger charge is -2.15. The van der Waals surface area contributed by atoms with Crippen LogP contribution >= 0.6 is 0 Å². The quantitative estimate of drug-likeness (QED) is 0.738. The molecule has 1 aromatic rings. The molecule has 3 nitrogen and oxygen atoms in total. The molecule has 0 bridgehead atoms. The smallest absolute Gasteiger partial charge is 0.0544 e. The highest BCUT2D eigenvalue weighted by molar-refractivity contribution is 5.14. The van der Waals surface area contributed by atoms with Crippen molar-refractivity contribution >= 4 is 0 Å². The first kappa shape index (κ1) is 15.5. The van der Waals surface area contributed by atoms with Crippen LogP contribution in [0.3, 0.4) is 0 Å². The van der Waals surface area contributed by atoms with E-state index in [1.807, 2.05) is 6.20 Å². The van der Waals surface area contributed by atoms with Crippen molar-refractivity contribution in [1.29, 1.82) is 0 Å². The predicted octanol–water partition coefficient (Wildman–Crippen LogP) is 3.20. The number of hydrogen-bond donors (Lipinski definition) is 1. The van der Waals surface area contributed by atoms with Crippen LogP contribution in [0.15, 0.2) is 18.3 Å². The molecule has 0 aliphatic carbocycles. The molecule has 1 aliphatic rings. The molecule has 0 amide bonds. The maximum atomic E-state index is 4.61. The molecule has 2 heterocycles. The zero-order valence-electron chi connectivity index (χ0n) is 13.1. The lowest BCUT2D eigenvalue weighted by atomic mass is 10.0. The third kappa shape index (κ3) is 4.88. The summed E-state index contributed by atoms with van der Waals surface area (Å²) in [6.07, 6.45) is 7.27. The van der Waals surface area contributed by atoms with E-state index in [2.05, 4.69) is 41.2 Å². The van der Waals surface area contributed by atoms with Crippen molar-refractivity contribution < 1.29 is 0 Å². The predicted molar refractivity (Wildman–Crippen MR) is 84.5 cm³/mol. The van der Waals surface area contributed by atoms with Crippen molar-refractivity contribution in [3.63, 3.8) is 0 Å². The summed E-state index contributed by atoms with van der Waals surface area (Å²) in [6.45, 7) is 10.0. The Morgan fingerprint density at radius 2 is 2.20 bits per heavy atom. The van der Waals surface area contributed by atoms with E-state index in [-0.39, 0.29) is 0 Å². The third-order valence-electron chi connectivity index (χ3n) is 4.09. The average molecular weight is 275 g/mol. The Labute approximate surface area is 123 Å². The van der Waals surface area contributed by atoms with Crippen LogP contribution < -0.4 is 5.32 Å². The topological polar surface area (TPSA) is 28.2 Å². The SMILES string of the molecule is CCCNCc1ccc(CN2CCC(CCC)C2)nc1. The lowest BCUT2D eigenvalue weighted by molar-refractivity contribution is 0.309. The Morgan fingerprint density at radius 1 is 1.30 bits per heavy atom. The van der Waals surface area contributed by atoms with Crippen LogP contribution in [-0.4, -0.2) is 29.5 Å². The molecule has 1 fully saturated rings. The zero-order valence-corrected chi connectivity index (χ0v) is 13.1. The molecule has 0 aromatic carbocycles. The van der Waals surface area contributed by atoms with E-state index < -0.39 is 0 Å². The molecule has 1 saturated heterocycles. The average Bonchev–Trinajstić information content (AvgIpc) is 2.89. The van der Waals surface area contributed by atoms with E-state index in [1.54, 1.807) is 0 Å². The maximum Gasteiger partial charge on any atom is 0.0544 e. The fourth-order valence-corrected chi connectivity index (χ4v) is 2.99. The molecular weight excluding hydrogens is 246 g/mol. The summed E-state index contributed by atoms with van der Waals surface area (Å²) in [4.78, 5) is 7.16. The van der Waals surface area contributed by atoms with Gasteiger partial charge in [0.05, 0.1) is 5.69 Å². The molecule has 112 valence electrons. The monoisotopic (exact) mass is 275 g/mol. The molecule has 1 aliphatic heterocycles. The van der Waals surface area contributed by atoms with E-state index in [4.69, 9.17) is 0 Å². The first-order valence-electron chi connectivity index (χ1n) is 8.18. The highest BCUT2D eigenvalue weighted by Crippen LogP contribution is 2.22. The number of rotatable bonds is 8. The van der Waals surface area contributed by atoms with E-state index in [0.29, 0.717) is 0 Å². The Balaban J connectivity index is 1.76. The van der Waals surface area contributed by atoms with Crippen molar-refractivity contribution in [3.05, 3.63) is 29.6 Å². The second-order valence-electron chi connectivity index (χ2n) is 6.01. The van der Waals surface area contributed by atoms with Crippen LogP contribution in [0.25, 0.3) is 0 Å². The minimum absolute atomic E-state index is 0.914. The number of aromatic nitrogens is 1. The van der Waals surface area contributed by atoms with Gasteiger partial charge in [-0.25, -0.2) is 0 Å². The molecular formula is C17H29N3. The molecule has 0 saturated carbocycles. The fraction of sp³-hybridized carbons (Fsp3) is 0.706. The summed E-state index contributed by atoms with van der Waals surface area (Å²) in [5.41, 5.74) is 2.49. The molecule has 1 aromatic heterocycles. The Bertz CT molecular complexity index is 374. The van der Waals surface area contributed by atoms with Crippen molar-refractivity contribution in [1.82, 2.24) is 15.2 Å².